The minimum absolute atomic E-state index is 0.273. The second kappa shape index (κ2) is 8.81. The molecular weight excluding hydrogens is 403 g/mol. The van der Waals surface area contributed by atoms with E-state index in [1.807, 2.05) is 18.2 Å². The Hall–Kier alpha value is -3.69. The lowest BCUT2D eigenvalue weighted by Gasteiger charge is -2.14. The summed E-state index contributed by atoms with van der Waals surface area (Å²) in [6.07, 6.45) is 3.26. The van der Waals surface area contributed by atoms with E-state index >= 15 is 0 Å². The highest BCUT2D eigenvalue weighted by Crippen LogP contribution is 2.33. The molecule has 160 valence electrons. The summed E-state index contributed by atoms with van der Waals surface area (Å²) in [7, 11) is 0. The van der Waals surface area contributed by atoms with Gasteiger partial charge in [0.2, 0.25) is 5.88 Å². The molecule has 0 unspecified atom stereocenters. The lowest BCUT2D eigenvalue weighted by Crippen LogP contribution is -2.14. The minimum Gasteiger partial charge on any atom is -0.472 e. The third-order valence-corrected chi connectivity index (χ3v) is 5.95. The second-order valence-electron chi connectivity index (χ2n) is 8.18. The smallest absolute Gasteiger partial charge is 0.222 e. The number of nitriles is 1. The number of nitrogens with zero attached hydrogens (tertiary/aromatic N) is 3. The highest BCUT2D eigenvalue weighted by molar-refractivity contribution is 5.84. The maximum atomic E-state index is 13.2. The van der Waals surface area contributed by atoms with Crippen molar-refractivity contribution in [2.75, 3.05) is 13.1 Å². The van der Waals surface area contributed by atoms with E-state index < -0.39 is 0 Å². The molecule has 0 radical (unpaired) electrons. The molecule has 5 rings (SSSR count). The van der Waals surface area contributed by atoms with E-state index in [0.717, 1.165) is 47.4 Å². The molecule has 0 amide bonds. The molecule has 0 spiro atoms. The van der Waals surface area contributed by atoms with Gasteiger partial charge in [0, 0.05) is 18.3 Å². The number of benzene rings is 2. The topological polar surface area (TPSA) is 62.9 Å². The van der Waals surface area contributed by atoms with Crippen molar-refractivity contribution in [3.8, 4) is 23.1 Å². The Morgan fingerprint density at radius 3 is 2.66 bits per heavy atom. The first-order valence-corrected chi connectivity index (χ1v) is 10.8. The van der Waals surface area contributed by atoms with Crippen molar-refractivity contribution in [3.05, 3.63) is 83.8 Å². The number of halogens is 1. The molecule has 0 aliphatic carbocycles. The number of rotatable bonds is 6. The lowest BCUT2D eigenvalue weighted by atomic mass is 10.0. The van der Waals surface area contributed by atoms with Crippen LogP contribution in [0.25, 0.3) is 22.2 Å². The Balaban J connectivity index is 1.52. The van der Waals surface area contributed by atoms with E-state index in [0.29, 0.717) is 17.4 Å². The Labute approximate surface area is 186 Å². The average Bonchev–Trinajstić information content (AvgIpc) is 3.48. The van der Waals surface area contributed by atoms with E-state index in [4.69, 9.17) is 15.0 Å². The van der Waals surface area contributed by atoms with Crippen LogP contribution >= 0.6 is 0 Å². The quantitative estimate of drug-likeness (QED) is 0.476. The first kappa shape index (κ1) is 20.2. The Bertz CT molecular complexity index is 1270. The molecule has 1 saturated heterocycles. The van der Waals surface area contributed by atoms with Crippen LogP contribution in [0.2, 0.25) is 0 Å². The lowest BCUT2D eigenvalue weighted by molar-refractivity contribution is 0.296. The fourth-order valence-corrected chi connectivity index (χ4v) is 4.17. The third kappa shape index (κ3) is 4.20. The van der Waals surface area contributed by atoms with Crippen molar-refractivity contribution in [1.29, 1.82) is 5.26 Å². The molecule has 4 aromatic rings. The molecule has 0 saturated carbocycles. The monoisotopic (exact) mass is 426 g/mol. The van der Waals surface area contributed by atoms with Gasteiger partial charge in [-0.15, -0.1) is 0 Å². The fraction of sp³-hybridized carbons (Fsp3) is 0.231. The van der Waals surface area contributed by atoms with Gasteiger partial charge in [-0.25, -0.2) is 9.37 Å². The molecule has 1 fully saturated rings. The standard InChI is InChI=1S/C26H23FN4O/c27-22-7-3-19(4-8-22)17-32-26-23(21-5-1-18(14-28)2-6-21)13-25-24(30-26)10-12-31(25)16-20-9-11-29-15-20/h1-8,10,12-13,20,29H,9,11,15-17H2/t20-/m0/s1. The first-order valence-electron chi connectivity index (χ1n) is 10.8. The van der Waals surface area contributed by atoms with Gasteiger partial charge in [0.15, 0.2) is 0 Å². The number of hydrogen-bond acceptors (Lipinski definition) is 4. The first-order chi connectivity index (χ1) is 15.7. The van der Waals surface area contributed by atoms with Crippen LogP contribution in [0.15, 0.2) is 66.9 Å². The van der Waals surface area contributed by atoms with Crippen molar-refractivity contribution in [3.63, 3.8) is 0 Å². The largest absolute Gasteiger partial charge is 0.472 e. The number of fused-ring (bicyclic) bond motifs is 1. The normalized spacial score (nSPS) is 15.7. The molecule has 1 atom stereocenters. The zero-order valence-electron chi connectivity index (χ0n) is 17.6. The highest BCUT2D eigenvalue weighted by atomic mass is 19.1. The minimum atomic E-state index is -0.273. The van der Waals surface area contributed by atoms with Crippen LogP contribution in [0, 0.1) is 23.1 Å². The summed E-state index contributed by atoms with van der Waals surface area (Å²) in [5, 5.41) is 12.6. The predicted molar refractivity (Wildman–Crippen MR) is 122 cm³/mol. The molecule has 2 aromatic heterocycles. The van der Waals surface area contributed by atoms with Gasteiger partial charge in [-0.05, 0) is 73.0 Å². The van der Waals surface area contributed by atoms with E-state index in [1.165, 1.54) is 18.6 Å². The second-order valence-corrected chi connectivity index (χ2v) is 8.18. The molecular formula is C26H23FN4O. The number of hydrogen-bond donors (Lipinski definition) is 1. The van der Waals surface area contributed by atoms with Crippen LogP contribution in [0.5, 0.6) is 5.88 Å². The summed E-state index contributed by atoms with van der Waals surface area (Å²) < 4.78 is 21.6. The van der Waals surface area contributed by atoms with Crippen LogP contribution in [0.3, 0.4) is 0 Å². The number of nitrogens with one attached hydrogen (secondary N) is 1. The molecule has 1 aliphatic rings. The molecule has 1 N–H and O–H groups in total. The van der Waals surface area contributed by atoms with Gasteiger partial charge < -0.3 is 14.6 Å². The van der Waals surface area contributed by atoms with Gasteiger partial charge in [-0.1, -0.05) is 24.3 Å². The maximum absolute atomic E-state index is 13.2. The van der Waals surface area contributed by atoms with Crippen molar-refractivity contribution >= 4 is 11.0 Å². The van der Waals surface area contributed by atoms with Crippen molar-refractivity contribution in [1.82, 2.24) is 14.9 Å². The van der Waals surface area contributed by atoms with Crippen LogP contribution in [0.4, 0.5) is 4.39 Å². The van der Waals surface area contributed by atoms with Gasteiger partial charge in [-0.3, -0.25) is 0 Å². The Kier molecular flexibility index (Phi) is 5.57. The third-order valence-electron chi connectivity index (χ3n) is 5.95. The predicted octanol–water partition coefficient (Wildman–Crippen LogP) is 4.90. The summed E-state index contributed by atoms with van der Waals surface area (Å²) in [6, 6.07) is 20.0. The average molecular weight is 426 g/mol. The summed E-state index contributed by atoms with van der Waals surface area (Å²) in [5.41, 5.74) is 5.21. The van der Waals surface area contributed by atoms with Gasteiger partial charge in [-0.2, -0.15) is 5.26 Å². The zero-order chi connectivity index (χ0) is 21.9. The highest BCUT2D eigenvalue weighted by Gasteiger charge is 2.18. The number of ether oxygens (including phenoxy) is 1. The van der Waals surface area contributed by atoms with Gasteiger partial charge in [0.25, 0.3) is 0 Å². The van der Waals surface area contributed by atoms with E-state index in [9.17, 15) is 4.39 Å². The Morgan fingerprint density at radius 2 is 1.94 bits per heavy atom. The molecule has 0 bridgehead atoms. The molecule has 6 heteroatoms. The number of pyridine rings is 1. The van der Waals surface area contributed by atoms with Crippen LogP contribution in [-0.2, 0) is 13.2 Å². The van der Waals surface area contributed by atoms with E-state index in [1.54, 1.807) is 24.3 Å². The SMILES string of the molecule is N#Cc1ccc(-c2cc3c(ccn3C[C@H]3CCNC3)nc2OCc2ccc(F)cc2)cc1. The molecule has 32 heavy (non-hydrogen) atoms. The molecule has 5 nitrogen and oxygen atoms in total. The van der Waals surface area contributed by atoms with Crippen molar-refractivity contribution in [2.24, 2.45) is 5.92 Å². The van der Waals surface area contributed by atoms with Crippen LogP contribution < -0.4 is 10.1 Å². The van der Waals surface area contributed by atoms with Crippen LogP contribution in [0.1, 0.15) is 17.5 Å². The van der Waals surface area contributed by atoms with E-state index in [-0.39, 0.29) is 12.4 Å². The maximum Gasteiger partial charge on any atom is 0.222 e. The van der Waals surface area contributed by atoms with Crippen LogP contribution in [-0.4, -0.2) is 22.6 Å². The molecule has 2 aromatic carbocycles. The Morgan fingerprint density at radius 1 is 1.12 bits per heavy atom. The zero-order valence-corrected chi connectivity index (χ0v) is 17.6. The summed E-state index contributed by atoms with van der Waals surface area (Å²) in [6.45, 7) is 3.34. The van der Waals surface area contributed by atoms with Gasteiger partial charge in [0.1, 0.15) is 12.4 Å². The molecule has 1 aliphatic heterocycles. The van der Waals surface area contributed by atoms with Gasteiger partial charge >= 0.3 is 0 Å². The van der Waals surface area contributed by atoms with E-state index in [2.05, 4.69) is 28.2 Å². The van der Waals surface area contributed by atoms with Crippen molar-refractivity contribution < 1.29 is 9.13 Å². The molecule has 3 heterocycles. The summed E-state index contributed by atoms with van der Waals surface area (Å²) in [5.74, 6) is 0.857. The summed E-state index contributed by atoms with van der Waals surface area (Å²) >= 11 is 0. The fourth-order valence-electron chi connectivity index (χ4n) is 4.17. The van der Waals surface area contributed by atoms with Gasteiger partial charge in [0.05, 0.1) is 22.7 Å². The number of aromatic nitrogens is 2. The van der Waals surface area contributed by atoms with Crippen molar-refractivity contribution in [2.45, 2.75) is 19.6 Å². The summed E-state index contributed by atoms with van der Waals surface area (Å²) in [4.78, 5) is 4.82.